The predicted molar refractivity (Wildman–Crippen MR) is 93.1 cm³/mol. The average molecular weight is 326 g/mol. The lowest BCUT2D eigenvalue weighted by Crippen LogP contribution is -2.26. The third kappa shape index (κ3) is 4.91. The fourth-order valence-corrected chi connectivity index (χ4v) is 2.01. The van der Waals surface area contributed by atoms with Crippen LogP contribution in [0.3, 0.4) is 0 Å². The van der Waals surface area contributed by atoms with Crippen LogP contribution >= 0.6 is 0 Å². The maximum absolute atomic E-state index is 11.8. The van der Waals surface area contributed by atoms with Crippen molar-refractivity contribution < 1.29 is 9.72 Å². The van der Waals surface area contributed by atoms with Crippen LogP contribution < -0.4 is 10.7 Å². The zero-order valence-corrected chi connectivity index (χ0v) is 13.4. The molecule has 0 spiro atoms. The van der Waals surface area contributed by atoms with E-state index < -0.39 is 4.92 Å². The Balaban J connectivity index is 1.89. The summed E-state index contributed by atoms with van der Waals surface area (Å²) in [4.78, 5) is 22.0. The van der Waals surface area contributed by atoms with Gasteiger partial charge < -0.3 is 5.32 Å². The van der Waals surface area contributed by atoms with E-state index in [-0.39, 0.29) is 18.1 Å². The number of non-ortho nitro benzene ring substituents is 1. The summed E-state index contributed by atoms with van der Waals surface area (Å²) in [6.07, 6.45) is 0. The number of hydrogen-bond donors (Lipinski definition) is 2. The molecule has 7 heteroatoms. The summed E-state index contributed by atoms with van der Waals surface area (Å²) in [5, 5.41) is 17.6. The van der Waals surface area contributed by atoms with Crippen molar-refractivity contribution in [1.29, 1.82) is 0 Å². The minimum atomic E-state index is -0.463. The van der Waals surface area contributed by atoms with Crippen molar-refractivity contribution in [1.82, 2.24) is 5.43 Å². The van der Waals surface area contributed by atoms with E-state index in [2.05, 4.69) is 15.8 Å². The van der Waals surface area contributed by atoms with Crippen LogP contribution in [-0.2, 0) is 4.79 Å². The quantitative estimate of drug-likeness (QED) is 0.484. The van der Waals surface area contributed by atoms with Gasteiger partial charge >= 0.3 is 0 Å². The molecule has 0 saturated heterocycles. The maximum atomic E-state index is 11.8. The highest BCUT2D eigenvalue weighted by molar-refractivity contribution is 5.99. The lowest BCUT2D eigenvalue weighted by molar-refractivity contribution is -0.384. The maximum Gasteiger partial charge on any atom is 0.269 e. The standard InChI is InChI=1S/C17H18N4O3/c1-12-4-3-5-15(10-12)18-11-17(22)20-19-13(2)14-6-8-16(9-7-14)21(23)24/h3-10,18H,11H2,1-2H3,(H,20,22). The molecular formula is C17H18N4O3. The Morgan fingerprint density at radius 2 is 1.92 bits per heavy atom. The van der Waals surface area contributed by atoms with Gasteiger partial charge in [-0.1, -0.05) is 12.1 Å². The fraction of sp³-hybridized carbons (Fsp3) is 0.176. The minimum Gasteiger partial charge on any atom is -0.376 e. The molecule has 0 unspecified atom stereocenters. The highest BCUT2D eigenvalue weighted by Gasteiger charge is 2.06. The average Bonchev–Trinajstić information content (AvgIpc) is 2.58. The van der Waals surface area contributed by atoms with Gasteiger partial charge in [-0.05, 0) is 49.2 Å². The molecule has 24 heavy (non-hydrogen) atoms. The van der Waals surface area contributed by atoms with Crippen LogP contribution in [-0.4, -0.2) is 23.1 Å². The number of hydrogen-bond acceptors (Lipinski definition) is 5. The van der Waals surface area contributed by atoms with E-state index in [0.29, 0.717) is 11.3 Å². The van der Waals surface area contributed by atoms with Crippen molar-refractivity contribution in [2.45, 2.75) is 13.8 Å². The van der Waals surface area contributed by atoms with Crippen molar-refractivity contribution in [3.05, 3.63) is 69.8 Å². The molecule has 0 radical (unpaired) electrons. The first kappa shape index (κ1) is 17.1. The van der Waals surface area contributed by atoms with Crippen molar-refractivity contribution in [3.63, 3.8) is 0 Å². The van der Waals surface area contributed by atoms with E-state index in [1.807, 2.05) is 31.2 Å². The van der Waals surface area contributed by atoms with Crippen LogP contribution in [0, 0.1) is 17.0 Å². The second kappa shape index (κ2) is 7.87. The summed E-state index contributed by atoms with van der Waals surface area (Å²) >= 11 is 0. The molecule has 0 saturated carbocycles. The van der Waals surface area contributed by atoms with Crippen molar-refractivity contribution in [3.8, 4) is 0 Å². The third-order valence-corrected chi connectivity index (χ3v) is 3.32. The lowest BCUT2D eigenvalue weighted by atomic mass is 10.1. The SMILES string of the molecule is CC(=NNC(=O)CNc1cccc(C)c1)c1ccc([N+](=O)[O-])cc1. The molecule has 0 aliphatic carbocycles. The Labute approximate surface area is 139 Å². The molecule has 0 aliphatic heterocycles. The molecule has 0 aliphatic rings. The van der Waals surface area contributed by atoms with E-state index in [1.54, 1.807) is 19.1 Å². The molecule has 2 rings (SSSR count). The second-order valence-corrected chi connectivity index (χ2v) is 5.26. The normalized spacial score (nSPS) is 11.0. The number of carbonyl (C=O) groups excluding carboxylic acids is 1. The van der Waals surface area contributed by atoms with E-state index in [4.69, 9.17) is 0 Å². The first-order valence-electron chi connectivity index (χ1n) is 7.34. The second-order valence-electron chi connectivity index (χ2n) is 5.26. The van der Waals surface area contributed by atoms with Gasteiger partial charge in [0.2, 0.25) is 0 Å². The Hall–Kier alpha value is -3.22. The number of hydrazone groups is 1. The highest BCUT2D eigenvalue weighted by Crippen LogP contribution is 2.12. The Morgan fingerprint density at radius 1 is 1.21 bits per heavy atom. The first-order chi connectivity index (χ1) is 11.5. The summed E-state index contributed by atoms with van der Waals surface area (Å²) in [7, 11) is 0. The lowest BCUT2D eigenvalue weighted by Gasteiger charge is -2.06. The molecular weight excluding hydrogens is 308 g/mol. The molecule has 1 amide bonds. The summed E-state index contributed by atoms with van der Waals surface area (Å²) in [5.41, 5.74) is 5.70. The summed E-state index contributed by atoms with van der Waals surface area (Å²) < 4.78 is 0. The van der Waals surface area contributed by atoms with Crippen LogP contribution in [0.2, 0.25) is 0 Å². The molecule has 0 fully saturated rings. The Morgan fingerprint density at radius 3 is 2.54 bits per heavy atom. The van der Waals surface area contributed by atoms with Crippen molar-refractivity contribution in [2.75, 3.05) is 11.9 Å². The number of amides is 1. The minimum absolute atomic E-state index is 0.0120. The zero-order chi connectivity index (χ0) is 17.5. The molecule has 0 heterocycles. The highest BCUT2D eigenvalue weighted by atomic mass is 16.6. The Kier molecular flexibility index (Phi) is 5.62. The molecule has 0 atom stereocenters. The molecule has 2 aromatic rings. The summed E-state index contributed by atoms with van der Waals surface area (Å²) in [5.74, 6) is -0.280. The number of nitrogens with zero attached hydrogens (tertiary/aromatic N) is 2. The van der Waals surface area contributed by atoms with Gasteiger partial charge in [0.1, 0.15) is 0 Å². The van der Waals surface area contributed by atoms with E-state index in [0.717, 1.165) is 11.3 Å². The smallest absolute Gasteiger partial charge is 0.269 e. The van der Waals surface area contributed by atoms with Gasteiger partial charge in [-0.3, -0.25) is 14.9 Å². The zero-order valence-electron chi connectivity index (χ0n) is 13.4. The van der Waals surface area contributed by atoms with E-state index >= 15 is 0 Å². The van der Waals surface area contributed by atoms with Gasteiger partial charge in [-0.25, -0.2) is 5.43 Å². The number of rotatable bonds is 6. The van der Waals surface area contributed by atoms with E-state index in [9.17, 15) is 14.9 Å². The monoisotopic (exact) mass is 326 g/mol. The molecule has 2 aromatic carbocycles. The number of carbonyl (C=O) groups is 1. The van der Waals surface area contributed by atoms with Crippen LogP contribution in [0.1, 0.15) is 18.1 Å². The van der Waals surface area contributed by atoms with Crippen LogP contribution in [0.15, 0.2) is 53.6 Å². The number of aryl methyl sites for hydroxylation is 1. The largest absolute Gasteiger partial charge is 0.376 e. The van der Waals surface area contributed by atoms with Crippen molar-refractivity contribution >= 4 is 23.0 Å². The number of benzene rings is 2. The van der Waals surface area contributed by atoms with Crippen LogP contribution in [0.5, 0.6) is 0 Å². The number of nitro benzene ring substituents is 1. The van der Waals surface area contributed by atoms with Gasteiger partial charge in [0.15, 0.2) is 0 Å². The molecule has 124 valence electrons. The van der Waals surface area contributed by atoms with Gasteiger partial charge in [-0.2, -0.15) is 5.10 Å². The molecule has 0 aromatic heterocycles. The van der Waals surface area contributed by atoms with Gasteiger partial charge in [-0.15, -0.1) is 0 Å². The molecule has 2 N–H and O–H groups in total. The van der Waals surface area contributed by atoms with E-state index in [1.165, 1.54) is 12.1 Å². The topological polar surface area (TPSA) is 96.6 Å². The summed E-state index contributed by atoms with van der Waals surface area (Å²) in [6, 6.07) is 13.7. The Bertz CT molecular complexity index is 770. The van der Waals surface area contributed by atoms with Crippen LogP contribution in [0.4, 0.5) is 11.4 Å². The van der Waals surface area contributed by atoms with Gasteiger partial charge in [0, 0.05) is 17.8 Å². The van der Waals surface area contributed by atoms with Gasteiger partial charge in [0.05, 0.1) is 17.2 Å². The fourth-order valence-electron chi connectivity index (χ4n) is 2.01. The van der Waals surface area contributed by atoms with Crippen molar-refractivity contribution in [2.24, 2.45) is 5.10 Å². The van der Waals surface area contributed by atoms with Crippen LogP contribution in [0.25, 0.3) is 0 Å². The van der Waals surface area contributed by atoms with Gasteiger partial charge in [0.25, 0.3) is 11.6 Å². The molecule has 0 bridgehead atoms. The number of anilines is 1. The third-order valence-electron chi connectivity index (χ3n) is 3.32. The summed E-state index contributed by atoms with van der Waals surface area (Å²) in [6.45, 7) is 3.79. The number of nitrogens with one attached hydrogen (secondary N) is 2. The predicted octanol–water partition coefficient (Wildman–Crippen LogP) is 2.86. The first-order valence-corrected chi connectivity index (χ1v) is 7.34. The molecule has 7 nitrogen and oxygen atoms in total. The number of nitro groups is 1.